The Kier molecular flexibility index (Phi) is 5.48. The number of amides is 1. The van der Waals surface area contributed by atoms with E-state index in [0.717, 1.165) is 37.5 Å². The van der Waals surface area contributed by atoms with Gasteiger partial charge in [0.2, 0.25) is 5.91 Å². The first-order valence-corrected chi connectivity index (χ1v) is 8.25. The van der Waals surface area contributed by atoms with E-state index in [9.17, 15) is 4.79 Å². The quantitative estimate of drug-likeness (QED) is 0.848. The topological polar surface area (TPSA) is 62.8 Å². The standard InChI is InChI=1S/C17H25N3O3/c1-22-16-5-3-2-4-14(16)15-12-18-6-8-20(15)17(21)10-13-11-19-7-9-23-13/h2-5,13,15,18-19H,6-12H2,1H3. The molecule has 2 heterocycles. The number of piperazine rings is 1. The molecule has 0 bridgehead atoms. The van der Waals surface area contributed by atoms with Crippen molar-refractivity contribution in [2.45, 2.75) is 18.6 Å². The third kappa shape index (κ3) is 3.83. The maximum atomic E-state index is 12.8. The molecule has 2 aliphatic rings. The number of para-hydroxylation sites is 1. The zero-order chi connectivity index (χ0) is 16.1. The smallest absolute Gasteiger partial charge is 0.225 e. The first-order chi connectivity index (χ1) is 11.3. The molecule has 2 unspecified atom stereocenters. The minimum atomic E-state index is -0.0237. The molecule has 2 fully saturated rings. The summed E-state index contributed by atoms with van der Waals surface area (Å²) in [6, 6.07) is 7.93. The van der Waals surface area contributed by atoms with Crippen LogP contribution < -0.4 is 15.4 Å². The van der Waals surface area contributed by atoms with Gasteiger partial charge in [-0.25, -0.2) is 0 Å². The third-order valence-corrected chi connectivity index (χ3v) is 4.47. The van der Waals surface area contributed by atoms with Crippen molar-refractivity contribution in [3.05, 3.63) is 29.8 Å². The molecule has 23 heavy (non-hydrogen) atoms. The van der Waals surface area contributed by atoms with Crippen molar-refractivity contribution in [1.29, 1.82) is 0 Å². The minimum absolute atomic E-state index is 0.00366. The van der Waals surface area contributed by atoms with E-state index in [-0.39, 0.29) is 18.1 Å². The Bertz CT molecular complexity index is 532. The van der Waals surface area contributed by atoms with Gasteiger partial charge in [-0.2, -0.15) is 0 Å². The van der Waals surface area contributed by atoms with E-state index in [2.05, 4.69) is 10.6 Å². The third-order valence-electron chi connectivity index (χ3n) is 4.47. The van der Waals surface area contributed by atoms with Crippen LogP contribution in [-0.2, 0) is 9.53 Å². The monoisotopic (exact) mass is 319 g/mol. The van der Waals surface area contributed by atoms with Gasteiger partial charge >= 0.3 is 0 Å². The molecule has 1 aromatic carbocycles. The van der Waals surface area contributed by atoms with Gasteiger partial charge in [0.1, 0.15) is 5.75 Å². The Balaban J connectivity index is 1.74. The maximum absolute atomic E-state index is 12.8. The lowest BCUT2D eigenvalue weighted by atomic mass is 10.0. The van der Waals surface area contributed by atoms with E-state index in [1.54, 1.807) is 7.11 Å². The van der Waals surface area contributed by atoms with Gasteiger partial charge in [0, 0.05) is 38.3 Å². The highest BCUT2D eigenvalue weighted by Gasteiger charge is 2.31. The molecule has 0 aromatic heterocycles. The van der Waals surface area contributed by atoms with E-state index in [1.165, 1.54) is 0 Å². The molecular formula is C17H25N3O3. The van der Waals surface area contributed by atoms with Gasteiger partial charge in [-0.15, -0.1) is 0 Å². The second kappa shape index (κ2) is 7.77. The number of methoxy groups -OCH3 is 1. The molecular weight excluding hydrogens is 294 g/mol. The number of benzene rings is 1. The average Bonchev–Trinajstić information content (AvgIpc) is 2.62. The molecule has 1 aromatic rings. The van der Waals surface area contributed by atoms with Gasteiger partial charge in [-0.1, -0.05) is 18.2 Å². The Morgan fingerprint density at radius 2 is 2.13 bits per heavy atom. The number of morpholine rings is 1. The fourth-order valence-corrected chi connectivity index (χ4v) is 3.29. The molecule has 0 aliphatic carbocycles. The van der Waals surface area contributed by atoms with Crippen LogP contribution in [0, 0.1) is 0 Å². The summed E-state index contributed by atoms with van der Waals surface area (Å²) in [4.78, 5) is 14.8. The van der Waals surface area contributed by atoms with E-state index in [4.69, 9.17) is 9.47 Å². The molecule has 0 spiro atoms. The van der Waals surface area contributed by atoms with Crippen molar-refractivity contribution in [3.8, 4) is 5.75 Å². The van der Waals surface area contributed by atoms with E-state index < -0.39 is 0 Å². The van der Waals surface area contributed by atoms with Gasteiger partial charge in [-0.05, 0) is 6.07 Å². The summed E-state index contributed by atoms with van der Waals surface area (Å²) in [5, 5.41) is 6.66. The first kappa shape index (κ1) is 16.2. The summed E-state index contributed by atoms with van der Waals surface area (Å²) in [6.45, 7) is 4.56. The fourth-order valence-electron chi connectivity index (χ4n) is 3.29. The number of hydrogen-bond acceptors (Lipinski definition) is 5. The molecule has 126 valence electrons. The molecule has 0 saturated carbocycles. The van der Waals surface area contributed by atoms with Crippen LogP contribution in [0.5, 0.6) is 5.75 Å². The lowest BCUT2D eigenvalue weighted by molar-refractivity contribution is -0.138. The summed E-state index contributed by atoms with van der Waals surface area (Å²) in [6.07, 6.45) is 0.406. The van der Waals surface area contributed by atoms with Crippen LogP contribution in [0.25, 0.3) is 0 Å². The van der Waals surface area contributed by atoms with Crippen LogP contribution in [-0.4, -0.2) is 63.4 Å². The fraction of sp³-hybridized carbons (Fsp3) is 0.588. The predicted molar refractivity (Wildman–Crippen MR) is 87.5 cm³/mol. The number of carbonyl (C=O) groups excluding carboxylic acids is 1. The first-order valence-electron chi connectivity index (χ1n) is 8.25. The molecule has 0 radical (unpaired) electrons. The van der Waals surface area contributed by atoms with Gasteiger partial charge in [0.05, 0.1) is 32.3 Å². The van der Waals surface area contributed by atoms with Crippen molar-refractivity contribution in [2.75, 3.05) is 46.4 Å². The Morgan fingerprint density at radius 1 is 1.30 bits per heavy atom. The Hall–Kier alpha value is -1.63. The number of nitrogens with zero attached hydrogens (tertiary/aromatic N) is 1. The van der Waals surface area contributed by atoms with Crippen molar-refractivity contribution in [3.63, 3.8) is 0 Å². The molecule has 2 saturated heterocycles. The number of carbonyl (C=O) groups is 1. The van der Waals surface area contributed by atoms with Gasteiger partial charge in [-0.3, -0.25) is 4.79 Å². The minimum Gasteiger partial charge on any atom is -0.496 e. The second-order valence-corrected chi connectivity index (χ2v) is 5.95. The summed E-state index contributed by atoms with van der Waals surface area (Å²) in [5.74, 6) is 0.977. The van der Waals surface area contributed by atoms with Crippen molar-refractivity contribution in [2.24, 2.45) is 0 Å². The van der Waals surface area contributed by atoms with Gasteiger partial charge in [0.25, 0.3) is 0 Å². The zero-order valence-electron chi connectivity index (χ0n) is 13.6. The summed E-state index contributed by atoms with van der Waals surface area (Å²) in [7, 11) is 1.67. The normalized spacial score (nSPS) is 25.2. The number of hydrogen-bond donors (Lipinski definition) is 2. The zero-order valence-corrected chi connectivity index (χ0v) is 13.6. The van der Waals surface area contributed by atoms with Crippen LogP contribution in [0.15, 0.2) is 24.3 Å². The number of ether oxygens (including phenoxy) is 2. The van der Waals surface area contributed by atoms with Crippen LogP contribution in [0.4, 0.5) is 0 Å². The number of rotatable bonds is 4. The van der Waals surface area contributed by atoms with Crippen molar-refractivity contribution in [1.82, 2.24) is 15.5 Å². The van der Waals surface area contributed by atoms with Crippen LogP contribution in [0.1, 0.15) is 18.0 Å². The Labute approximate surface area is 137 Å². The largest absolute Gasteiger partial charge is 0.496 e. The highest BCUT2D eigenvalue weighted by Crippen LogP contribution is 2.30. The molecule has 3 rings (SSSR count). The number of nitrogens with one attached hydrogen (secondary N) is 2. The molecule has 2 N–H and O–H groups in total. The van der Waals surface area contributed by atoms with Gasteiger partial charge < -0.3 is 25.0 Å². The molecule has 6 heteroatoms. The second-order valence-electron chi connectivity index (χ2n) is 5.95. The lowest BCUT2D eigenvalue weighted by Crippen LogP contribution is -2.50. The van der Waals surface area contributed by atoms with E-state index in [1.807, 2.05) is 29.2 Å². The van der Waals surface area contributed by atoms with Crippen molar-refractivity contribution >= 4 is 5.91 Å². The van der Waals surface area contributed by atoms with Crippen LogP contribution >= 0.6 is 0 Å². The van der Waals surface area contributed by atoms with Gasteiger partial charge in [0.15, 0.2) is 0 Å². The van der Waals surface area contributed by atoms with E-state index in [0.29, 0.717) is 19.6 Å². The van der Waals surface area contributed by atoms with Crippen LogP contribution in [0.2, 0.25) is 0 Å². The highest BCUT2D eigenvalue weighted by atomic mass is 16.5. The lowest BCUT2D eigenvalue weighted by Gasteiger charge is -2.38. The molecule has 2 aliphatic heterocycles. The van der Waals surface area contributed by atoms with E-state index >= 15 is 0 Å². The average molecular weight is 319 g/mol. The maximum Gasteiger partial charge on any atom is 0.225 e. The predicted octanol–water partition coefficient (Wildman–Crippen LogP) is 0.547. The summed E-state index contributed by atoms with van der Waals surface area (Å²) >= 11 is 0. The molecule has 1 amide bonds. The SMILES string of the molecule is COc1ccccc1C1CNCCN1C(=O)CC1CNCCO1. The molecule has 6 nitrogen and oxygen atoms in total. The molecule has 2 atom stereocenters. The van der Waals surface area contributed by atoms with Crippen LogP contribution in [0.3, 0.4) is 0 Å². The summed E-state index contributed by atoms with van der Waals surface area (Å²) in [5.41, 5.74) is 1.05. The Morgan fingerprint density at radius 3 is 2.91 bits per heavy atom. The summed E-state index contributed by atoms with van der Waals surface area (Å²) < 4.78 is 11.2. The van der Waals surface area contributed by atoms with Crippen molar-refractivity contribution < 1.29 is 14.3 Å². The highest BCUT2D eigenvalue weighted by molar-refractivity contribution is 5.77.